The van der Waals surface area contributed by atoms with E-state index in [2.05, 4.69) is 59.0 Å². The lowest BCUT2D eigenvalue weighted by atomic mass is 9.85. The number of pyridine rings is 1. The van der Waals surface area contributed by atoms with Crippen LogP contribution in [-0.4, -0.2) is 113 Å². The highest BCUT2D eigenvalue weighted by molar-refractivity contribution is 6.29. The van der Waals surface area contributed by atoms with E-state index in [-0.39, 0.29) is 18.0 Å². The number of aliphatic hydroxyl groups is 1. The first kappa shape index (κ1) is 41.3. The third kappa shape index (κ3) is 9.54. The number of piperidine rings is 2. The number of methoxy groups -OCH3 is 1. The van der Waals surface area contributed by atoms with Crippen molar-refractivity contribution in [3.05, 3.63) is 41.4 Å². The predicted octanol–water partition coefficient (Wildman–Crippen LogP) is 6.33. The highest BCUT2D eigenvalue weighted by Gasteiger charge is 2.54. The summed E-state index contributed by atoms with van der Waals surface area (Å²) in [6.45, 7) is 12.8. The molecule has 5 fully saturated rings. The summed E-state index contributed by atoms with van der Waals surface area (Å²) in [5.41, 5.74) is 8.46. The van der Waals surface area contributed by atoms with E-state index < -0.39 is 5.92 Å². The summed E-state index contributed by atoms with van der Waals surface area (Å²) in [5.74, 6) is 2.69. The fourth-order valence-electron chi connectivity index (χ4n) is 9.43. The second-order valence-corrected chi connectivity index (χ2v) is 17.3. The molecule has 3 aliphatic heterocycles. The van der Waals surface area contributed by atoms with Crippen LogP contribution >= 0.6 is 11.6 Å². The number of nitrogens with zero attached hydrogens (tertiary/aromatic N) is 8. The van der Waals surface area contributed by atoms with E-state index in [0.29, 0.717) is 34.4 Å². The topological polar surface area (TPSA) is 159 Å². The summed E-state index contributed by atoms with van der Waals surface area (Å²) in [5, 5.41) is 22.3. The molecule has 3 N–H and O–H groups in total. The van der Waals surface area contributed by atoms with Gasteiger partial charge >= 0.3 is 5.97 Å². The molecule has 0 bridgehead atoms. The second-order valence-electron chi connectivity index (χ2n) is 16.9. The van der Waals surface area contributed by atoms with E-state index in [9.17, 15) is 9.90 Å². The molecule has 312 valence electrons. The fraction of sp³-hybridized carbons (Fsp3) is 0.690. The van der Waals surface area contributed by atoms with Gasteiger partial charge in [-0.3, -0.25) is 9.69 Å². The van der Waals surface area contributed by atoms with Gasteiger partial charge in [0.15, 0.2) is 22.5 Å². The van der Waals surface area contributed by atoms with E-state index in [1.54, 1.807) is 6.07 Å². The Bertz CT molecular complexity index is 1770. The minimum atomic E-state index is -0.414. The number of likely N-dealkylation sites (tertiary alicyclic amines) is 1. The zero-order valence-corrected chi connectivity index (χ0v) is 34.9. The van der Waals surface area contributed by atoms with Gasteiger partial charge in [0.1, 0.15) is 12.0 Å². The van der Waals surface area contributed by atoms with Crippen LogP contribution in [0.4, 0.5) is 23.0 Å². The zero-order chi connectivity index (χ0) is 40.1. The fourth-order valence-corrected chi connectivity index (χ4v) is 9.57. The minimum Gasteiger partial charge on any atom is -0.474 e. The van der Waals surface area contributed by atoms with E-state index in [1.807, 2.05) is 26.1 Å². The van der Waals surface area contributed by atoms with Gasteiger partial charge in [-0.15, -0.1) is 10.2 Å². The van der Waals surface area contributed by atoms with Crippen molar-refractivity contribution in [3.63, 3.8) is 0 Å². The third-order valence-electron chi connectivity index (χ3n) is 13.1. The van der Waals surface area contributed by atoms with Crippen molar-refractivity contribution in [2.75, 3.05) is 73.4 Å². The van der Waals surface area contributed by atoms with Crippen LogP contribution < -0.4 is 25.2 Å². The predicted molar refractivity (Wildman–Crippen MR) is 222 cm³/mol. The Kier molecular flexibility index (Phi) is 13.3. The van der Waals surface area contributed by atoms with E-state index >= 15 is 0 Å². The Morgan fingerprint density at radius 3 is 2.44 bits per heavy atom. The zero-order valence-electron chi connectivity index (χ0n) is 34.2. The number of likely N-dealkylation sites (N-methyl/N-ethyl adjacent to an activating group) is 1. The normalized spacial score (nSPS) is 22.1. The van der Waals surface area contributed by atoms with Crippen molar-refractivity contribution < 1.29 is 23.9 Å². The summed E-state index contributed by atoms with van der Waals surface area (Å²) >= 11 is 6.05. The highest BCUT2D eigenvalue weighted by Crippen LogP contribution is 2.52. The van der Waals surface area contributed by atoms with Gasteiger partial charge in [-0.05, 0) is 95.5 Å². The number of nitrogens with two attached hydrogens (primary N) is 1. The molecule has 5 aliphatic rings. The molecule has 57 heavy (non-hydrogen) atoms. The number of hydrogen-bond acceptors (Lipinski definition) is 14. The molecular formula is C42H62ClN9O5. The van der Waals surface area contributed by atoms with E-state index in [4.69, 9.17) is 31.3 Å². The van der Waals surface area contributed by atoms with Crippen molar-refractivity contribution >= 4 is 40.6 Å². The molecule has 3 aromatic heterocycles. The van der Waals surface area contributed by atoms with Crippen LogP contribution in [0.25, 0.3) is 0 Å². The molecule has 8 rings (SSSR count). The summed E-state index contributed by atoms with van der Waals surface area (Å²) in [6.07, 6.45) is 14.6. The van der Waals surface area contributed by atoms with Crippen molar-refractivity contribution in [3.8, 4) is 5.88 Å². The number of rotatable bonds is 13. The number of hydrogen-bond donors (Lipinski definition) is 2. The first-order valence-corrected chi connectivity index (χ1v) is 21.6. The van der Waals surface area contributed by atoms with Crippen LogP contribution in [0.5, 0.6) is 5.88 Å². The SMILES string of the molecule is CCN(CC1CCCN1c1ccnc(OC2CCC2)c1)c1cc(Cl)nnc1N.COC(=O)C(c1cc(N2CCC(C3(N4CCC(O)CC4)CC3)CC2)no1)C(C)C. The van der Waals surface area contributed by atoms with Crippen molar-refractivity contribution in [1.82, 2.24) is 25.2 Å². The molecular weight excluding hydrogens is 746 g/mol. The molecule has 0 radical (unpaired) electrons. The number of carbonyl (C=O) groups excluding carboxylic acids is 1. The average molecular weight is 808 g/mol. The van der Waals surface area contributed by atoms with Gasteiger partial charge in [0, 0.05) is 87.5 Å². The summed E-state index contributed by atoms with van der Waals surface area (Å²) in [6, 6.07) is 8.24. The maximum atomic E-state index is 12.1. The molecule has 2 aliphatic carbocycles. The van der Waals surface area contributed by atoms with Crippen molar-refractivity contribution in [1.29, 1.82) is 0 Å². The largest absolute Gasteiger partial charge is 0.474 e. The third-order valence-corrected chi connectivity index (χ3v) is 13.3. The molecule has 0 spiro atoms. The van der Waals surface area contributed by atoms with Gasteiger partial charge in [-0.2, -0.15) is 0 Å². The van der Waals surface area contributed by atoms with Gasteiger partial charge in [-0.25, -0.2) is 4.98 Å². The Balaban J connectivity index is 0.000000174. The monoisotopic (exact) mass is 807 g/mol. The number of aromatic nitrogens is 4. The lowest BCUT2D eigenvalue weighted by molar-refractivity contribution is -0.144. The molecule has 3 saturated heterocycles. The molecule has 0 amide bonds. The Morgan fingerprint density at radius 1 is 1.04 bits per heavy atom. The highest BCUT2D eigenvalue weighted by atomic mass is 35.5. The smallest absolute Gasteiger partial charge is 0.316 e. The molecule has 6 heterocycles. The minimum absolute atomic E-state index is 0.0896. The van der Waals surface area contributed by atoms with Crippen LogP contribution in [0.2, 0.25) is 5.15 Å². The summed E-state index contributed by atoms with van der Waals surface area (Å²) < 4.78 is 16.5. The number of anilines is 4. The number of esters is 1. The summed E-state index contributed by atoms with van der Waals surface area (Å²) in [7, 11) is 1.41. The van der Waals surface area contributed by atoms with E-state index in [1.165, 1.54) is 32.1 Å². The number of aliphatic hydroxyl groups excluding tert-OH is 1. The van der Waals surface area contributed by atoms with Gasteiger partial charge in [-0.1, -0.05) is 30.6 Å². The van der Waals surface area contributed by atoms with Crippen LogP contribution in [0.1, 0.15) is 103 Å². The molecule has 2 unspecified atom stereocenters. The molecule has 15 heteroatoms. The van der Waals surface area contributed by atoms with Crippen LogP contribution in [-0.2, 0) is 9.53 Å². The quantitative estimate of drug-likeness (QED) is 0.185. The molecule has 14 nitrogen and oxygen atoms in total. The Morgan fingerprint density at radius 2 is 1.79 bits per heavy atom. The first-order chi connectivity index (χ1) is 27.6. The van der Waals surface area contributed by atoms with Crippen molar-refractivity contribution in [2.45, 2.75) is 121 Å². The second kappa shape index (κ2) is 18.4. The van der Waals surface area contributed by atoms with Crippen LogP contribution in [0.3, 0.4) is 0 Å². The van der Waals surface area contributed by atoms with Gasteiger partial charge in [0.2, 0.25) is 5.88 Å². The molecule has 2 saturated carbocycles. The van der Waals surface area contributed by atoms with Gasteiger partial charge in [0.25, 0.3) is 0 Å². The maximum Gasteiger partial charge on any atom is 0.316 e. The molecule has 2 atom stereocenters. The standard InChI is InChI=1S/C22H35N3O4.C20H27ClN6O/c1-15(2)20(21(27)28-3)18-14-19(23-29-18)24-10-4-16(5-11-24)22(8-9-22)25-12-6-17(26)7-13-25;1-2-26(17-12-18(21)24-25-20(17)22)13-15-5-4-10-27(15)14-8-9-23-19(11-14)28-16-6-3-7-16/h14-17,20,26H,4-13H2,1-3H3;8-9,11-12,15-16H,2-7,10,13H2,1H3,(H2,22,25). The number of carbonyl (C=O) groups is 1. The van der Waals surface area contributed by atoms with Crippen LogP contribution in [0, 0.1) is 11.8 Å². The molecule has 0 aromatic carbocycles. The average Bonchev–Trinajstić information content (AvgIpc) is 3.63. The van der Waals surface area contributed by atoms with Gasteiger partial charge in [0.05, 0.1) is 18.9 Å². The number of nitrogen functional groups attached to an aromatic ring is 1. The summed E-state index contributed by atoms with van der Waals surface area (Å²) in [4.78, 5) is 26.2. The van der Waals surface area contributed by atoms with E-state index in [0.717, 1.165) is 120 Å². The van der Waals surface area contributed by atoms with Crippen molar-refractivity contribution in [2.24, 2.45) is 11.8 Å². The maximum absolute atomic E-state index is 12.1. The Labute approximate surface area is 342 Å². The lowest BCUT2D eigenvalue weighted by Gasteiger charge is -2.44. The first-order valence-electron chi connectivity index (χ1n) is 21.2. The molecule has 3 aromatic rings. The van der Waals surface area contributed by atoms with Crippen LogP contribution in [0.15, 0.2) is 35.0 Å². The van der Waals surface area contributed by atoms with Gasteiger partial charge < -0.3 is 39.5 Å². The lowest BCUT2D eigenvalue weighted by Crippen LogP contribution is -2.51. The number of ether oxygens (including phenoxy) is 2. The Hall–Kier alpha value is -3.88. The number of halogens is 1.